The molecule has 0 saturated carbocycles. The number of rotatable bonds is 30. The number of halogens is 5. The number of nitrogens with zero attached hydrogens (tertiary/aromatic N) is 9. The molecule has 116 heavy (non-hydrogen) atoms. The van der Waals surface area contributed by atoms with Gasteiger partial charge in [-0.25, -0.2) is 0 Å². The minimum Gasteiger partial charge on any atom is -0.495 e. The van der Waals surface area contributed by atoms with E-state index in [1.54, 1.807) is 21.3 Å². The van der Waals surface area contributed by atoms with Crippen LogP contribution in [0.4, 0.5) is 0 Å². The minimum atomic E-state index is -0.0737. The third-order valence-electron chi connectivity index (χ3n) is 22.1. The van der Waals surface area contributed by atoms with Crippen molar-refractivity contribution < 1.29 is 28.6 Å². The van der Waals surface area contributed by atoms with Crippen LogP contribution < -0.4 is 30.2 Å². The topological polar surface area (TPSA) is 149 Å². The van der Waals surface area contributed by atoms with Crippen LogP contribution in [-0.4, -0.2) is 187 Å². The second kappa shape index (κ2) is 42.7. The molecule has 614 valence electrons. The molecule has 0 unspecified atom stereocenters. The van der Waals surface area contributed by atoms with Gasteiger partial charge in [-0.1, -0.05) is 198 Å². The van der Waals surface area contributed by atoms with Crippen LogP contribution in [-0.2, 0) is 52.4 Å². The number of methoxy groups -OCH3 is 3. The average Bonchev–Trinajstić information content (AvgIpc) is 1.64. The Hall–Kier alpha value is -8.60. The third kappa shape index (κ3) is 23.6. The predicted molar refractivity (Wildman–Crippen MR) is 475 cm³/mol. The Bertz CT molecular complexity index is 5100. The van der Waals surface area contributed by atoms with Crippen molar-refractivity contribution in [1.82, 2.24) is 59.1 Å². The van der Waals surface area contributed by atoms with Crippen LogP contribution in [0.3, 0.4) is 0 Å². The predicted octanol–water partition coefficient (Wildman–Crippen LogP) is 18.1. The lowest BCUT2D eigenvalue weighted by molar-refractivity contribution is 0.0943. The summed E-state index contributed by atoms with van der Waals surface area (Å²) in [7, 11) is 5.05. The molecular formula is C93H111Cl5N12O6. The molecule has 23 heteroatoms. The van der Waals surface area contributed by atoms with Crippen LogP contribution in [0.2, 0.25) is 25.1 Å². The molecule has 3 aromatic heterocycles. The van der Waals surface area contributed by atoms with E-state index >= 15 is 0 Å². The van der Waals surface area contributed by atoms with Gasteiger partial charge >= 0.3 is 0 Å². The number of piperazine rings is 2. The molecule has 0 bridgehead atoms. The summed E-state index contributed by atoms with van der Waals surface area (Å²) in [6.45, 7) is 30.5. The molecular weight excluding hydrogens is 1560 g/mol. The molecule has 3 aliphatic heterocycles. The highest BCUT2D eigenvalue weighted by Gasteiger charge is 2.26. The van der Waals surface area contributed by atoms with Gasteiger partial charge in [-0.3, -0.25) is 29.1 Å². The van der Waals surface area contributed by atoms with E-state index in [-0.39, 0.29) is 17.7 Å². The number of benzene rings is 8. The Morgan fingerprint density at radius 1 is 0.371 bits per heavy atom. The summed E-state index contributed by atoms with van der Waals surface area (Å²) in [4.78, 5) is 54.4. The van der Waals surface area contributed by atoms with E-state index in [9.17, 15) is 14.4 Å². The molecule has 18 nitrogen and oxygen atoms in total. The van der Waals surface area contributed by atoms with Crippen LogP contribution in [0.1, 0.15) is 110 Å². The van der Waals surface area contributed by atoms with Crippen LogP contribution in [0.5, 0.6) is 17.2 Å². The highest BCUT2D eigenvalue weighted by Crippen LogP contribution is 2.35. The number of hydrogen-bond acceptors (Lipinski definition) is 12. The van der Waals surface area contributed by atoms with Crippen molar-refractivity contribution in [3.8, 4) is 17.2 Å². The van der Waals surface area contributed by atoms with Gasteiger partial charge in [0.2, 0.25) is 0 Å². The maximum absolute atomic E-state index is 13.3. The number of hydrogen-bond donors (Lipinski definition) is 3. The van der Waals surface area contributed by atoms with Crippen molar-refractivity contribution in [2.45, 2.75) is 106 Å². The normalized spacial score (nSPS) is 14.8. The smallest absolute Gasteiger partial charge is 0.253 e. The molecule has 0 atom stereocenters. The Morgan fingerprint density at radius 3 is 1.09 bits per heavy atom. The van der Waals surface area contributed by atoms with Crippen molar-refractivity contribution in [3.05, 3.63) is 263 Å². The lowest BCUT2D eigenvalue weighted by Crippen LogP contribution is -2.46. The van der Waals surface area contributed by atoms with Crippen molar-refractivity contribution >= 4 is 108 Å². The lowest BCUT2D eigenvalue weighted by Gasteiger charge is -2.35. The van der Waals surface area contributed by atoms with Gasteiger partial charge in [0.25, 0.3) is 17.7 Å². The molecule has 8 aromatic carbocycles. The Kier molecular flexibility index (Phi) is 31.9. The Balaban J connectivity index is 0.000000161. The fraction of sp³-hybridized carbons (Fsp3) is 0.387. The first kappa shape index (κ1) is 86.7. The van der Waals surface area contributed by atoms with Gasteiger partial charge in [0.05, 0.1) is 54.6 Å². The fourth-order valence-electron chi connectivity index (χ4n) is 15.9. The van der Waals surface area contributed by atoms with Crippen LogP contribution in [0, 0.1) is 19.8 Å². The summed E-state index contributed by atoms with van der Waals surface area (Å²) < 4.78 is 23.6. The number of ether oxygens (including phenoxy) is 3. The zero-order valence-electron chi connectivity index (χ0n) is 68.1. The Labute approximate surface area is 709 Å². The molecule has 14 rings (SSSR count). The minimum absolute atomic E-state index is 0.0300. The maximum Gasteiger partial charge on any atom is 0.253 e. The van der Waals surface area contributed by atoms with Crippen LogP contribution >= 0.6 is 58.0 Å². The van der Waals surface area contributed by atoms with Crippen molar-refractivity contribution in [3.63, 3.8) is 0 Å². The van der Waals surface area contributed by atoms with E-state index in [2.05, 4.69) is 123 Å². The molecule has 6 heterocycles. The molecule has 0 aliphatic carbocycles. The summed E-state index contributed by atoms with van der Waals surface area (Å²) in [6.07, 6.45) is 10.1. The molecule has 3 fully saturated rings. The van der Waals surface area contributed by atoms with E-state index in [4.69, 9.17) is 72.2 Å². The summed E-state index contributed by atoms with van der Waals surface area (Å²) in [5.74, 6) is 2.60. The highest BCUT2D eigenvalue weighted by molar-refractivity contribution is 6.35. The third-order valence-corrected chi connectivity index (χ3v) is 23.7. The van der Waals surface area contributed by atoms with E-state index in [0.29, 0.717) is 52.3 Å². The van der Waals surface area contributed by atoms with Crippen molar-refractivity contribution in [1.29, 1.82) is 0 Å². The molecule has 0 spiro atoms. The second-order valence-corrected chi connectivity index (χ2v) is 33.2. The summed E-state index contributed by atoms with van der Waals surface area (Å²) in [6, 6.07) is 53.8. The molecule has 0 radical (unpaired) electrons. The number of carbonyl (C=O) groups excluding carboxylic acids is 3. The van der Waals surface area contributed by atoms with Gasteiger partial charge in [-0.05, 0) is 155 Å². The van der Waals surface area contributed by atoms with Gasteiger partial charge in [0.1, 0.15) is 17.2 Å². The molecule has 3 saturated heterocycles. The SMILES string of the molecule is COc1cccc2c(C(=O)NCC(C)C)cn(CCCN3CCN(Cc4ccc(Cl)cc4Cl)CC3)c12.COc1cccc2c(C(=O)NCc3cccc(C)c3)cn(CCCN3CCCN(Cc4ccccc4Cl)CC3)c12.COc1cccc2c(C(=O)NCc3cccc(C)c3)cn(CCCN3CCN(Cc4ccc(Cl)cc4Cl)CC3)c12. The van der Waals surface area contributed by atoms with E-state index < -0.39 is 0 Å². The first-order chi connectivity index (χ1) is 56.3. The number of fused-ring (bicyclic) bond motifs is 3. The van der Waals surface area contributed by atoms with Gasteiger partial charge in [0.15, 0.2) is 0 Å². The van der Waals surface area contributed by atoms with E-state index in [0.717, 1.165) is 250 Å². The number of nitrogens with one attached hydrogen (secondary N) is 3. The van der Waals surface area contributed by atoms with Crippen molar-refractivity contribution in [2.75, 3.05) is 126 Å². The second-order valence-electron chi connectivity index (χ2n) is 31.1. The zero-order chi connectivity index (χ0) is 81.6. The zero-order valence-corrected chi connectivity index (χ0v) is 71.8. The van der Waals surface area contributed by atoms with Crippen LogP contribution in [0.25, 0.3) is 32.7 Å². The molecule has 11 aromatic rings. The number of aryl methyl sites for hydroxylation is 5. The standard InChI is InChI=1S/C33H39ClN4O2.C32H36Cl2N4O2.C28H36Cl2N4O2/c1-25-9-5-10-26(21-25)22-35-33(39)29-24-38(32-28(29)12-6-14-31(32)40-2)18-8-16-36-15-7-17-37(20-19-36)23-27-11-3-4-13-30(27)34;1-23-6-3-7-24(18-23)20-35-32(39)28-22-38(31-27(28)8-4-9-30(31)40-2)13-5-12-36-14-16-37(17-15-36)21-25-10-11-26(33)19-29(25)34;1-20(2)17-31-28(35)24-19-34(27-23(24)6-4-7-26(27)36-3)11-5-10-32-12-14-33(15-13-32)18-21-8-9-22(29)16-25(21)30/h3-6,9-14,21,24H,7-8,15-20,22-23H2,1-2H3,(H,35,39);3-4,6-11,18-19,22H,5,12-17,20-21H2,1-2H3,(H,35,39);4,6-9,16,19-20H,5,10-15,17-18H2,1-3H3,(H,31,35). The number of amides is 3. The fourth-order valence-corrected chi connectivity index (χ4v) is 17.1. The van der Waals surface area contributed by atoms with Gasteiger partial charge in [0, 0.05) is 184 Å². The first-order valence-electron chi connectivity index (χ1n) is 40.7. The highest BCUT2D eigenvalue weighted by atomic mass is 35.5. The monoisotopic (exact) mass is 1670 g/mol. The quantitative estimate of drug-likeness (QED) is 0.0393. The first-order valence-corrected chi connectivity index (χ1v) is 42.6. The molecule has 3 amide bonds. The lowest BCUT2D eigenvalue weighted by atomic mass is 10.1. The summed E-state index contributed by atoms with van der Waals surface area (Å²) in [5, 5.41) is 15.7. The molecule has 3 aliphatic rings. The largest absolute Gasteiger partial charge is 0.495 e. The van der Waals surface area contributed by atoms with E-state index in [1.807, 2.05) is 146 Å². The number of carbonyl (C=O) groups is 3. The number of aromatic nitrogens is 3. The van der Waals surface area contributed by atoms with E-state index in [1.165, 1.54) is 16.7 Å². The Morgan fingerprint density at radius 2 is 0.716 bits per heavy atom. The van der Waals surface area contributed by atoms with Crippen LogP contribution in [0.15, 0.2) is 182 Å². The average molecular weight is 1670 g/mol. The van der Waals surface area contributed by atoms with Gasteiger partial charge in [-0.2, -0.15) is 0 Å². The molecule has 3 N–H and O–H groups in total. The van der Waals surface area contributed by atoms with Gasteiger partial charge in [-0.15, -0.1) is 0 Å². The summed E-state index contributed by atoms with van der Waals surface area (Å²) >= 11 is 31.2. The number of para-hydroxylation sites is 3. The van der Waals surface area contributed by atoms with Crippen molar-refractivity contribution in [2.24, 2.45) is 5.92 Å². The van der Waals surface area contributed by atoms with Gasteiger partial charge < -0.3 is 58.6 Å². The maximum atomic E-state index is 13.3. The summed E-state index contributed by atoms with van der Waals surface area (Å²) in [5.41, 5.74) is 13.0.